The number of sulfonamides is 1. The fraction of sp³-hybridized carbons (Fsp3) is 0.538. The lowest BCUT2D eigenvalue weighted by atomic mass is 10.2. The molecule has 0 unspecified atom stereocenters. The van der Waals surface area contributed by atoms with Crippen LogP contribution in [0.3, 0.4) is 0 Å². The second-order valence-corrected chi connectivity index (χ2v) is 6.00. The number of nitrogens with two attached hydrogens (primary N) is 1. The average molecular weight is 286 g/mol. The van der Waals surface area contributed by atoms with Crippen molar-refractivity contribution >= 4 is 10.0 Å². The summed E-state index contributed by atoms with van der Waals surface area (Å²) in [6.45, 7) is 1.36. The van der Waals surface area contributed by atoms with Crippen LogP contribution in [0, 0.1) is 0 Å². The summed E-state index contributed by atoms with van der Waals surface area (Å²) >= 11 is 0. The van der Waals surface area contributed by atoms with Gasteiger partial charge in [0, 0.05) is 26.8 Å². The zero-order valence-corrected chi connectivity index (χ0v) is 12.1. The van der Waals surface area contributed by atoms with E-state index >= 15 is 0 Å². The van der Waals surface area contributed by atoms with Gasteiger partial charge in [-0.3, -0.25) is 0 Å². The molecule has 0 fully saturated rings. The molecule has 0 aliphatic rings. The number of methoxy groups -OCH3 is 1. The standard InChI is InChI=1S/C13H22N2O3S/c1-18-10-6-2-5-9-15-19(16,17)13-8-4-3-7-12(13)11-14/h3-4,7-8,15H,2,5-6,9-11,14H2,1H3. The smallest absolute Gasteiger partial charge is 0.240 e. The van der Waals surface area contributed by atoms with Gasteiger partial charge in [-0.15, -0.1) is 0 Å². The van der Waals surface area contributed by atoms with E-state index in [-0.39, 0.29) is 11.4 Å². The molecule has 0 bridgehead atoms. The van der Waals surface area contributed by atoms with E-state index in [9.17, 15) is 8.42 Å². The van der Waals surface area contributed by atoms with Gasteiger partial charge in [0.15, 0.2) is 0 Å². The fourth-order valence-electron chi connectivity index (χ4n) is 1.77. The first-order valence-electron chi connectivity index (χ1n) is 6.38. The van der Waals surface area contributed by atoms with E-state index in [1.54, 1.807) is 31.4 Å². The first-order valence-corrected chi connectivity index (χ1v) is 7.86. The third-order valence-electron chi connectivity index (χ3n) is 2.80. The van der Waals surface area contributed by atoms with E-state index in [0.29, 0.717) is 18.7 Å². The van der Waals surface area contributed by atoms with Gasteiger partial charge < -0.3 is 10.5 Å². The molecule has 0 atom stereocenters. The molecule has 3 N–H and O–H groups in total. The molecule has 5 nitrogen and oxygen atoms in total. The van der Waals surface area contributed by atoms with E-state index in [1.165, 1.54) is 0 Å². The lowest BCUT2D eigenvalue weighted by molar-refractivity contribution is 0.192. The Bertz CT molecular complexity index is 475. The van der Waals surface area contributed by atoms with Gasteiger partial charge in [-0.25, -0.2) is 13.1 Å². The highest BCUT2D eigenvalue weighted by Crippen LogP contribution is 2.14. The molecule has 0 aromatic heterocycles. The Balaban J connectivity index is 2.52. The molecule has 0 aliphatic heterocycles. The zero-order chi connectivity index (χ0) is 14.1. The molecule has 0 aliphatic carbocycles. The maximum atomic E-state index is 12.1. The van der Waals surface area contributed by atoms with E-state index < -0.39 is 10.0 Å². The molecule has 0 amide bonds. The summed E-state index contributed by atoms with van der Waals surface area (Å²) in [4.78, 5) is 0.273. The van der Waals surface area contributed by atoms with Crippen molar-refractivity contribution in [2.24, 2.45) is 5.73 Å². The van der Waals surface area contributed by atoms with Crippen LogP contribution < -0.4 is 10.5 Å². The van der Waals surface area contributed by atoms with Gasteiger partial charge in [-0.05, 0) is 30.9 Å². The molecule has 0 saturated carbocycles. The van der Waals surface area contributed by atoms with Crippen LogP contribution in [0.1, 0.15) is 24.8 Å². The Labute approximate surface area is 115 Å². The molecular weight excluding hydrogens is 264 g/mol. The minimum absolute atomic E-state index is 0.213. The normalized spacial score (nSPS) is 11.7. The second-order valence-electron chi connectivity index (χ2n) is 4.26. The van der Waals surface area contributed by atoms with Crippen LogP contribution in [0.15, 0.2) is 29.2 Å². The number of benzene rings is 1. The van der Waals surface area contributed by atoms with E-state index in [2.05, 4.69) is 4.72 Å². The quantitative estimate of drug-likeness (QED) is 0.669. The van der Waals surface area contributed by atoms with Crippen molar-refractivity contribution in [3.05, 3.63) is 29.8 Å². The van der Waals surface area contributed by atoms with Crippen LogP contribution in [0.25, 0.3) is 0 Å². The van der Waals surface area contributed by atoms with Gasteiger partial charge in [0.1, 0.15) is 0 Å². The Morgan fingerprint density at radius 1 is 1.21 bits per heavy atom. The van der Waals surface area contributed by atoms with Crippen molar-refractivity contribution in [1.82, 2.24) is 4.72 Å². The number of hydrogen-bond acceptors (Lipinski definition) is 4. The van der Waals surface area contributed by atoms with E-state index in [0.717, 1.165) is 19.3 Å². The zero-order valence-electron chi connectivity index (χ0n) is 11.3. The fourth-order valence-corrected chi connectivity index (χ4v) is 3.09. The predicted molar refractivity (Wildman–Crippen MR) is 75.2 cm³/mol. The van der Waals surface area contributed by atoms with E-state index in [4.69, 9.17) is 10.5 Å². The van der Waals surface area contributed by atoms with Crippen molar-refractivity contribution in [3.8, 4) is 0 Å². The van der Waals surface area contributed by atoms with Crippen molar-refractivity contribution in [2.75, 3.05) is 20.3 Å². The molecule has 108 valence electrons. The monoisotopic (exact) mass is 286 g/mol. The lowest BCUT2D eigenvalue weighted by Crippen LogP contribution is -2.26. The SMILES string of the molecule is COCCCCCNS(=O)(=O)c1ccccc1CN. The molecule has 0 heterocycles. The minimum Gasteiger partial charge on any atom is -0.385 e. The van der Waals surface area contributed by atoms with Gasteiger partial charge in [-0.1, -0.05) is 18.2 Å². The average Bonchev–Trinajstić information content (AvgIpc) is 2.42. The number of rotatable bonds is 9. The summed E-state index contributed by atoms with van der Waals surface area (Å²) in [6, 6.07) is 6.79. The molecule has 0 spiro atoms. The van der Waals surface area contributed by atoms with Gasteiger partial charge in [0.05, 0.1) is 4.90 Å². The van der Waals surface area contributed by atoms with Crippen molar-refractivity contribution in [3.63, 3.8) is 0 Å². The van der Waals surface area contributed by atoms with Crippen molar-refractivity contribution < 1.29 is 13.2 Å². The molecule has 1 aromatic carbocycles. The predicted octanol–water partition coefficient (Wildman–Crippen LogP) is 1.24. The van der Waals surface area contributed by atoms with Crippen molar-refractivity contribution in [2.45, 2.75) is 30.7 Å². The molecule has 1 aromatic rings. The maximum absolute atomic E-state index is 12.1. The van der Waals surface area contributed by atoms with Gasteiger partial charge >= 0.3 is 0 Å². The van der Waals surface area contributed by atoms with Crippen LogP contribution in [-0.4, -0.2) is 28.7 Å². The molecule has 19 heavy (non-hydrogen) atoms. The van der Waals surface area contributed by atoms with Gasteiger partial charge in [0.2, 0.25) is 10.0 Å². The van der Waals surface area contributed by atoms with Crippen molar-refractivity contribution in [1.29, 1.82) is 0 Å². The molecule has 6 heteroatoms. The second kappa shape index (κ2) is 8.27. The maximum Gasteiger partial charge on any atom is 0.240 e. The molecule has 1 rings (SSSR count). The van der Waals surface area contributed by atoms with Crippen LogP contribution >= 0.6 is 0 Å². The number of unbranched alkanes of at least 4 members (excludes halogenated alkanes) is 2. The molecule has 0 saturated heterocycles. The Hall–Kier alpha value is -0.950. The van der Waals surface area contributed by atoms with Crippen LogP contribution in [0.5, 0.6) is 0 Å². The topological polar surface area (TPSA) is 81.4 Å². The first kappa shape index (κ1) is 16.1. The third-order valence-corrected chi connectivity index (χ3v) is 4.36. The Kier molecular flexibility index (Phi) is 7.01. The summed E-state index contributed by atoms with van der Waals surface area (Å²) in [7, 11) is -1.80. The Morgan fingerprint density at radius 3 is 2.63 bits per heavy atom. The summed E-state index contributed by atoms with van der Waals surface area (Å²) < 4.78 is 31.8. The van der Waals surface area contributed by atoms with Crippen LogP contribution in [0.4, 0.5) is 0 Å². The summed E-state index contributed by atoms with van der Waals surface area (Å²) in [5, 5.41) is 0. The van der Waals surface area contributed by atoms with Crippen LogP contribution in [0.2, 0.25) is 0 Å². The Morgan fingerprint density at radius 2 is 1.95 bits per heavy atom. The van der Waals surface area contributed by atoms with Gasteiger partial charge in [-0.2, -0.15) is 0 Å². The minimum atomic E-state index is -3.46. The summed E-state index contributed by atoms with van der Waals surface area (Å²) in [5.74, 6) is 0. The summed E-state index contributed by atoms with van der Waals surface area (Å²) in [5.41, 5.74) is 6.18. The molecular formula is C13H22N2O3S. The summed E-state index contributed by atoms with van der Waals surface area (Å²) in [6.07, 6.45) is 2.68. The molecule has 0 radical (unpaired) electrons. The lowest BCUT2D eigenvalue weighted by Gasteiger charge is -2.10. The number of nitrogens with one attached hydrogen (secondary N) is 1. The highest BCUT2D eigenvalue weighted by molar-refractivity contribution is 7.89. The first-order chi connectivity index (χ1) is 9.11. The van der Waals surface area contributed by atoms with Crippen LogP contribution in [-0.2, 0) is 21.3 Å². The largest absolute Gasteiger partial charge is 0.385 e. The van der Waals surface area contributed by atoms with Gasteiger partial charge in [0.25, 0.3) is 0 Å². The number of hydrogen-bond donors (Lipinski definition) is 2. The highest BCUT2D eigenvalue weighted by atomic mass is 32.2. The highest BCUT2D eigenvalue weighted by Gasteiger charge is 2.16. The van der Waals surface area contributed by atoms with E-state index in [1.807, 2.05) is 0 Å². The number of ether oxygens (including phenoxy) is 1. The third kappa shape index (κ3) is 5.28.